The van der Waals surface area contributed by atoms with Gasteiger partial charge in [0, 0.05) is 55.8 Å². The second kappa shape index (κ2) is 10.2. The van der Waals surface area contributed by atoms with E-state index in [2.05, 4.69) is 25.5 Å². The summed E-state index contributed by atoms with van der Waals surface area (Å²) in [7, 11) is 1.65. The molecule has 0 radical (unpaired) electrons. The fourth-order valence-electron chi connectivity index (χ4n) is 4.81. The van der Waals surface area contributed by atoms with Gasteiger partial charge in [0.25, 0.3) is 5.56 Å². The number of benzene rings is 1. The van der Waals surface area contributed by atoms with Crippen LogP contribution in [-0.4, -0.2) is 63.5 Å². The average Bonchev–Trinajstić information content (AvgIpc) is 3.31. The summed E-state index contributed by atoms with van der Waals surface area (Å²) in [4.78, 5) is 50.3. The van der Waals surface area contributed by atoms with Gasteiger partial charge in [0.1, 0.15) is 17.2 Å². The Kier molecular flexibility index (Phi) is 6.96. The van der Waals surface area contributed by atoms with Crippen LogP contribution in [0.15, 0.2) is 35.4 Å². The zero-order valence-electron chi connectivity index (χ0n) is 20.5. The van der Waals surface area contributed by atoms with Crippen molar-refractivity contribution in [1.82, 2.24) is 24.8 Å². The van der Waals surface area contributed by atoms with Crippen LogP contribution in [0.25, 0.3) is 11.0 Å². The van der Waals surface area contributed by atoms with Crippen molar-refractivity contribution in [2.24, 2.45) is 7.05 Å². The van der Waals surface area contributed by atoms with Crippen LogP contribution in [0.5, 0.6) is 0 Å². The highest BCUT2D eigenvalue weighted by molar-refractivity contribution is 6.35. The summed E-state index contributed by atoms with van der Waals surface area (Å²) >= 11 is 12.5. The zero-order valence-corrected chi connectivity index (χ0v) is 22.0. The molecule has 12 heteroatoms. The lowest BCUT2D eigenvalue weighted by Gasteiger charge is -2.36. The first-order valence-electron chi connectivity index (χ1n) is 12.1. The number of amides is 2. The van der Waals surface area contributed by atoms with Gasteiger partial charge in [-0.15, -0.1) is 0 Å². The number of piperazine rings is 1. The molecule has 5 rings (SSSR count). The number of aryl methyl sites for hydroxylation is 1. The highest BCUT2D eigenvalue weighted by Crippen LogP contribution is 2.32. The van der Waals surface area contributed by atoms with Gasteiger partial charge in [0.2, 0.25) is 11.8 Å². The summed E-state index contributed by atoms with van der Waals surface area (Å²) < 4.78 is 1.42. The third-order valence-electron chi connectivity index (χ3n) is 6.88. The lowest BCUT2D eigenvalue weighted by Crippen LogP contribution is -2.53. The number of rotatable bonds is 5. The first-order valence-corrected chi connectivity index (χ1v) is 12.9. The Morgan fingerprint density at radius 2 is 1.92 bits per heavy atom. The van der Waals surface area contributed by atoms with E-state index in [0.717, 1.165) is 5.56 Å². The third kappa shape index (κ3) is 5.08. The van der Waals surface area contributed by atoms with Gasteiger partial charge in [-0.1, -0.05) is 29.3 Å². The van der Waals surface area contributed by atoms with Gasteiger partial charge < -0.3 is 25.0 Å². The molecular weight excluding hydrogens is 517 g/mol. The number of carbonyl (C=O) groups is 2. The molecule has 2 aliphatic heterocycles. The topological polar surface area (TPSA) is 112 Å². The van der Waals surface area contributed by atoms with Crippen molar-refractivity contribution in [3.8, 4) is 0 Å². The smallest absolute Gasteiger partial charge is 0.264 e. The molecule has 10 nitrogen and oxygen atoms in total. The Bertz CT molecular complexity index is 1440. The minimum Gasteiger partial charge on any atom is -0.378 e. The van der Waals surface area contributed by atoms with Crippen LogP contribution in [0.3, 0.4) is 0 Å². The monoisotopic (exact) mass is 543 g/mol. The van der Waals surface area contributed by atoms with Crippen LogP contribution in [0.1, 0.15) is 31.4 Å². The molecule has 2 aliphatic rings. The molecule has 2 atom stereocenters. The number of halogens is 2. The average molecular weight is 544 g/mol. The van der Waals surface area contributed by atoms with Crippen LogP contribution in [0.2, 0.25) is 10.0 Å². The molecule has 0 saturated carbocycles. The van der Waals surface area contributed by atoms with E-state index in [-0.39, 0.29) is 23.4 Å². The maximum Gasteiger partial charge on any atom is 0.264 e. The summed E-state index contributed by atoms with van der Waals surface area (Å²) in [5.41, 5.74) is 1.56. The Labute approximate surface area is 223 Å². The van der Waals surface area contributed by atoms with Crippen molar-refractivity contribution in [2.45, 2.75) is 31.8 Å². The molecule has 37 heavy (non-hydrogen) atoms. The molecule has 0 unspecified atom stereocenters. The fourth-order valence-corrected chi connectivity index (χ4v) is 5.38. The second-order valence-electron chi connectivity index (χ2n) is 9.39. The van der Waals surface area contributed by atoms with E-state index in [0.29, 0.717) is 71.6 Å². The van der Waals surface area contributed by atoms with Crippen LogP contribution >= 0.6 is 23.2 Å². The normalized spacial score (nSPS) is 18.7. The minimum absolute atomic E-state index is 0.0434. The van der Waals surface area contributed by atoms with Gasteiger partial charge in [-0.3, -0.25) is 14.4 Å². The van der Waals surface area contributed by atoms with Gasteiger partial charge >= 0.3 is 0 Å². The standard InChI is InChI=1S/C25H27Cl2N7O3/c1-14(16-4-3-15(26)11-17(16)27)29-19-12-20(31-23-22(19)25(37)32(2)13-28-23)33-7-9-34(10-8-33)24(36)18-5-6-21(35)30-18/h3-4,11-14,18H,5-10H2,1-2H3,(H,29,31)(H,30,35)/t14-,18-/m1/s1. The highest BCUT2D eigenvalue weighted by atomic mass is 35.5. The Morgan fingerprint density at radius 1 is 1.16 bits per heavy atom. The minimum atomic E-state index is -0.435. The Hall–Kier alpha value is -3.37. The van der Waals surface area contributed by atoms with Crippen molar-refractivity contribution >= 4 is 57.6 Å². The van der Waals surface area contributed by atoms with E-state index in [1.165, 1.54) is 10.9 Å². The van der Waals surface area contributed by atoms with Crippen molar-refractivity contribution < 1.29 is 9.59 Å². The van der Waals surface area contributed by atoms with Gasteiger partial charge in [-0.05, 0) is 31.0 Å². The number of aromatic nitrogens is 3. The number of hydrogen-bond donors (Lipinski definition) is 2. The van der Waals surface area contributed by atoms with Crippen molar-refractivity contribution in [1.29, 1.82) is 0 Å². The maximum atomic E-state index is 13.0. The molecule has 0 spiro atoms. The lowest BCUT2D eigenvalue weighted by molar-refractivity contribution is -0.134. The molecular formula is C25H27Cl2N7O3. The van der Waals surface area contributed by atoms with Gasteiger partial charge in [-0.2, -0.15) is 0 Å². The Balaban J connectivity index is 1.41. The lowest BCUT2D eigenvalue weighted by atomic mass is 10.1. The quantitative estimate of drug-likeness (QED) is 0.508. The highest BCUT2D eigenvalue weighted by Gasteiger charge is 2.32. The summed E-state index contributed by atoms with van der Waals surface area (Å²) in [6.07, 6.45) is 2.38. The molecule has 4 heterocycles. The molecule has 194 valence electrons. The van der Waals surface area contributed by atoms with E-state index in [4.69, 9.17) is 23.2 Å². The number of nitrogens with zero attached hydrogens (tertiary/aromatic N) is 5. The third-order valence-corrected chi connectivity index (χ3v) is 7.45. The van der Waals surface area contributed by atoms with E-state index < -0.39 is 6.04 Å². The first kappa shape index (κ1) is 25.3. The van der Waals surface area contributed by atoms with Gasteiger partial charge in [-0.25, -0.2) is 9.97 Å². The molecule has 2 fully saturated rings. The first-order chi connectivity index (χ1) is 17.7. The number of pyridine rings is 1. The molecule has 2 saturated heterocycles. The van der Waals surface area contributed by atoms with Crippen LogP contribution in [0, 0.1) is 0 Å². The predicted octanol–water partition coefficient (Wildman–Crippen LogP) is 2.74. The SMILES string of the molecule is C[C@@H](Nc1cc(N2CCN(C(=O)[C@H]3CCC(=O)N3)CC2)nc2ncn(C)c(=O)c12)c1ccc(Cl)cc1Cl. The molecule has 1 aromatic carbocycles. The maximum absolute atomic E-state index is 13.0. The second-order valence-corrected chi connectivity index (χ2v) is 10.2. The predicted molar refractivity (Wildman–Crippen MR) is 143 cm³/mol. The van der Waals surface area contributed by atoms with Gasteiger partial charge in [0.05, 0.1) is 18.1 Å². The van der Waals surface area contributed by atoms with Crippen LogP contribution in [-0.2, 0) is 16.6 Å². The van der Waals surface area contributed by atoms with E-state index in [1.54, 1.807) is 24.1 Å². The van der Waals surface area contributed by atoms with Crippen molar-refractivity contribution in [2.75, 3.05) is 36.4 Å². The van der Waals surface area contributed by atoms with Crippen LogP contribution < -0.4 is 21.1 Å². The molecule has 2 amide bonds. The Morgan fingerprint density at radius 3 is 2.59 bits per heavy atom. The zero-order chi connectivity index (χ0) is 26.3. The summed E-state index contributed by atoms with van der Waals surface area (Å²) in [5, 5.41) is 7.63. The van der Waals surface area contributed by atoms with Crippen molar-refractivity contribution in [3.05, 3.63) is 56.6 Å². The number of hydrogen-bond acceptors (Lipinski definition) is 7. The fraction of sp³-hybridized carbons (Fsp3) is 0.400. The molecule has 0 bridgehead atoms. The molecule has 2 aromatic heterocycles. The number of fused-ring (bicyclic) bond motifs is 1. The molecule has 2 N–H and O–H groups in total. The number of anilines is 2. The molecule has 3 aromatic rings. The van der Waals surface area contributed by atoms with Gasteiger partial charge in [0.15, 0.2) is 5.65 Å². The largest absolute Gasteiger partial charge is 0.378 e. The van der Waals surface area contributed by atoms with Crippen molar-refractivity contribution in [3.63, 3.8) is 0 Å². The summed E-state index contributed by atoms with van der Waals surface area (Å²) in [5.74, 6) is 0.537. The summed E-state index contributed by atoms with van der Waals surface area (Å²) in [6, 6.07) is 6.49. The molecule has 0 aliphatic carbocycles. The van der Waals surface area contributed by atoms with E-state index >= 15 is 0 Å². The summed E-state index contributed by atoms with van der Waals surface area (Å²) in [6.45, 7) is 4.10. The number of carbonyl (C=O) groups excluding carboxylic acids is 2. The van der Waals surface area contributed by atoms with Crippen LogP contribution in [0.4, 0.5) is 11.5 Å². The van der Waals surface area contributed by atoms with E-state index in [1.807, 2.05) is 19.1 Å². The number of nitrogens with one attached hydrogen (secondary N) is 2. The van der Waals surface area contributed by atoms with E-state index in [9.17, 15) is 14.4 Å².